The molecule has 0 heterocycles. The van der Waals surface area contributed by atoms with E-state index in [9.17, 15) is 9.59 Å². The number of aliphatic carboxylic acids is 2. The van der Waals surface area contributed by atoms with Gasteiger partial charge in [0.25, 0.3) is 0 Å². The topological polar surface area (TPSA) is 93.1 Å². The third-order valence-corrected chi connectivity index (χ3v) is 0.451. The lowest BCUT2D eigenvalue weighted by molar-refractivity contribution is -0.148. The Morgan fingerprint density at radius 2 is 1.33 bits per heavy atom. The van der Waals surface area contributed by atoms with E-state index >= 15 is 0 Å². The lowest BCUT2D eigenvalue weighted by Gasteiger charge is -1.92. The van der Waals surface area contributed by atoms with Crippen LogP contribution < -0.4 is 0 Å². The van der Waals surface area contributed by atoms with Crippen molar-refractivity contribution in [3.05, 3.63) is 0 Å². The zero-order chi connectivity index (χ0) is 9.98. The van der Waals surface area contributed by atoms with Crippen LogP contribution in [0.15, 0.2) is 0 Å². The molecule has 12 heavy (non-hydrogen) atoms. The molecule has 72 valence electrons. The molecule has 0 saturated heterocycles. The van der Waals surface area contributed by atoms with Crippen LogP contribution in [0.5, 0.6) is 0 Å². The highest BCUT2D eigenvalue weighted by Gasteiger charge is 1.98. The van der Waals surface area contributed by atoms with Gasteiger partial charge in [0.2, 0.25) is 0 Å². The first kappa shape index (κ1) is 13.4. The number of hydrogen-bond donors (Lipinski definition) is 2. The first-order chi connectivity index (χ1) is 5.54. The molecular weight excluding hydrogens is 168 g/mol. The molecular formula is C6H12O6. The lowest BCUT2D eigenvalue weighted by Crippen LogP contribution is -2.13. The van der Waals surface area contributed by atoms with Gasteiger partial charge in [-0.1, -0.05) is 0 Å². The van der Waals surface area contributed by atoms with Crippen LogP contribution >= 0.6 is 0 Å². The molecule has 0 atom stereocenters. The van der Waals surface area contributed by atoms with E-state index in [0.717, 1.165) is 0 Å². The number of ether oxygens (including phenoxy) is 2. The zero-order valence-electron chi connectivity index (χ0n) is 6.94. The van der Waals surface area contributed by atoms with E-state index < -0.39 is 25.2 Å². The maximum Gasteiger partial charge on any atom is 0.329 e. The molecule has 6 nitrogen and oxygen atoms in total. The summed E-state index contributed by atoms with van der Waals surface area (Å²) in [5, 5.41) is 15.8. The summed E-state index contributed by atoms with van der Waals surface area (Å²) in [4.78, 5) is 19.3. The van der Waals surface area contributed by atoms with Crippen molar-refractivity contribution in [3.8, 4) is 0 Å². The van der Waals surface area contributed by atoms with Gasteiger partial charge in [0, 0.05) is 14.2 Å². The fraction of sp³-hybridized carbons (Fsp3) is 0.667. The van der Waals surface area contributed by atoms with Gasteiger partial charge in [0.15, 0.2) is 0 Å². The Labute approximate surface area is 69.7 Å². The van der Waals surface area contributed by atoms with Crippen molar-refractivity contribution >= 4 is 11.9 Å². The molecule has 0 bridgehead atoms. The lowest BCUT2D eigenvalue weighted by atomic mass is 10.7. The van der Waals surface area contributed by atoms with Crippen LogP contribution in [0.25, 0.3) is 0 Å². The maximum absolute atomic E-state index is 9.66. The second-order valence-corrected chi connectivity index (χ2v) is 1.69. The number of methoxy groups -OCH3 is 1. The molecule has 0 radical (unpaired) electrons. The zero-order valence-corrected chi connectivity index (χ0v) is 6.94. The monoisotopic (exact) mass is 180 g/mol. The summed E-state index contributed by atoms with van der Waals surface area (Å²) in [7, 11) is 3.25. The van der Waals surface area contributed by atoms with E-state index in [4.69, 9.17) is 10.2 Å². The highest BCUT2D eigenvalue weighted by Crippen LogP contribution is 1.73. The molecule has 6 heteroatoms. The van der Waals surface area contributed by atoms with Crippen LogP contribution in [0.4, 0.5) is 0 Å². The van der Waals surface area contributed by atoms with Crippen molar-refractivity contribution in [2.45, 2.75) is 0 Å². The number of rotatable bonds is 4. The van der Waals surface area contributed by atoms with E-state index in [1.807, 2.05) is 0 Å². The summed E-state index contributed by atoms with van der Waals surface area (Å²) < 4.78 is 8.41. The van der Waals surface area contributed by atoms with Crippen molar-refractivity contribution in [2.24, 2.45) is 0 Å². The molecule has 0 aromatic carbocycles. The maximum atomic E-state index is 9.66. The van der Waals surface area contributed by atoms with E-state index in [-0.39, 0.29) is 0 Å². The van der Waals surface area contributed by atoms with Gasteiger partial charge >= 0.3 is 11.9 Å². The molecule has 0 saturated carbocycles. The first-order valence-electron chi connectivity index (χ1n) is 2.96. The van der Waals surface area contributed by atoms with Crippen LogP contribution in [-0.4, -0.2) is 49.6 Å². The first-order valence-corrected chi connectivity index (χ1v) is 2.96. The molecule has 0 unspecified atom stereocenters. The molecule has 2 N–H and O–H groups in total. The van der Waals surface area contributed by atoms with Crippen molar-refractivity contribution in [2.75, 3.05) is 27.4 Å². The SMILES string of the molecule is COC.O=C(O)COCC(=O)O. The van der Waals surface area contributed by atoms with Gasteiger partial charge < -0.3 is 19.7 Å². The minimum Gasteiger partial charge on any atom is -0.480 e. The fourth-order valence-corrected chi connectivity index (χ4v) is 0.226. The predicted molar refractivity (Wildman–Crippen MR) is 39.0 cm³/mol. The van der Waals surface area contributed by atoms with Gasteiger partial charge in [-0.3, -0.25) is 0 Å². The summed E-state index contributed by atoms with van der Waals surface area (Å²) >= 11 is 0. The number of carboxylic acids is 2. The molecule has 0 rings (SSSR count). The van der Waals surface area contributed by atoms with Gasteiger partial charge in [-0.05, 0) is 0 Å². The fourth-order valence-electron chi connectivity index (χ4n) is 0.226. The van der Waals surface area contributed by atoms with Crippen molar-refractivity contribution in [1.29, 1.82) is 0 Å². The second kappa shape index (κ2) is 9.86. The van der Waals surface area contributed by atoms with Crippen LogP contribution in [0.3, 0.4) is 0 Å². The molecule has 0 aliphatic rings. The molecule has 0 aliphatic carbocycles. The van der Waals surface area contributed by atoms with Gasteiger partial charge in [-0.15, -0.1) is 0 Å². The Balaban J connectivity index is 0. The Morgan fingerprint density at radius 3 is 1.50 bits per heavy atom. The molecule has 0 aromatic rings. The average molecular weight is 180 g/mol. The van der Waals surface area contributed by atoms with Crippen LogP contribution in [-0.2, 0) is 19.1 Å². The summed E-state index contributed by atoms with van der Waals surface area (Å²) in [5.41, 5.74) is 0. The standard InChI is InChI=1S/C4H6O5.C2H6O/c5-3(6)1-9-2-4(7)8;1-3-2/h1-2H2,(H,5,6)(H,7,8);1-2H3. The van der Waals surface area contributed by atoms with E-state index in [1.54, 1.807) is 14.2 Å². The summed E-state index contributed by atoms with van der Waals surface area (Å²) in [6.07, 6.45) is 0. The van der Waals surface area contributed by atoms with E-state index in [1.165, 1.54) is 0 Å². The minimum atomic E-state index is -1.17. The van der Waals surface area contributed by atoms with E-state index in [0.29, 0.717) is 0 Å². The minimum absolute atomic E-state index is 0.563. The Kier molecular flexibility index (Phi) is 11.1. The Bertz CT molecular complexity index is 118. The number of carbonyl (C=O) groups is 2. The molecule has 0 amide bonds. The average Bonchev–Trinajstić information content (AvgIpc) is 1.87. The van der Waals surface area contributed by atoms with Crippen LogP contribution in [0.2, 0.25) is 0 Å². The normalized spacial score (nSPS) is 8.17. The van der Waals surface area contributed by atoms with Gasteiger partial charge in [0.1, 0.15) is 13.2 Å². The third kappa shape index (κ3) is 23.2. The molecule has 0 aliphatic heterocycles. The van der Waals surface area contributed by atoms with Crippen LogP contribution in [0, 0.1) is 0 Å². The van der Waals surface area contributed by atoms with Gasteiger partial charge in [-0.2, -0.15) is 0 Å². The van der Waals surface area contributed by atoms with Crippen molar-refractivity contribution in [3.63, 3.8) is 0 Å². The number of carboxylic acid groups (broad SMARTS) is 2. The molecule has 0 spiro atoms. The van der Waals surface area contributed by atoms with Gasteiger partial charge in [-0.25, -0.2) is 9.59 Å². The predicted octanol–water partition coefficient (Wildman–Crippen LogP) is -0.565. The van der Waals surface area contributed by atoms with Crippen LogP contribution in [0.1, 0.15) is 0 Å². The molecule has 0 aromatic heterocycles. The quantitative estimate of drug-likeness (QED) is 0.602. The summed E-state index contributed by atoms with van der Waals surface area (Å²) in [6, 6.07) is 0. The largest absolute Gasteiger partial charge is 0.480 e. The summed E-state index contributed by atoms with van der Waals surface area (Å²) in [5.74, 6) is -2.34. The number of hydrogen-bond acceptors (Lipinski definition) is 4. The van der Waals surface area contributed by atoms with Gasteiger partial charge in [0.05, 0.1) is 0 Å². The Hall–Kier alpha value is -1.14. The second-order valence-electron chi connectivity index (χ2n) is 1.69. The smallest absolute Gasteiger partial charge is 0.329 e. The highest BCUT2D eigenvalue weighted by molar-refractivity contribution is 5.70. The van der Waals surface area contributed by atoms with Crippen molar-refractivity contribution < 1.29 is 29.3 Å². The summed E-state index contributed by atoms with van der Waals surface area (Å²) in [6.45, 7) is -1.13. The van der Waals surface area contributed by atoms with E-state index in [2.05, 4.69) is 9.47 Å². The van der Waals surface area contributed by atoms with Crippen molar-refractivity contribution in [1.82, 2.24) is 0 Å². The molecule has 0 fully saturated rings. The third-order valence-electron chi connectivity index (χ3n) is 0.451. The highest BCUT2D eigenvalue weighted by atomic mass is 16.5. The Morgan fingerprint density at radius 1 is 1.08 bits per heavy atom.